The van der Waals surface area contributed by atoms with Crippen LogP contribution in [0.1, 0.15) is 11.6 Å². The molecule has 6 heteroatoms. The number of hydrogen-bond donors (Lipinski definition) is 0. The maximum atomic E-state index is 14.0. The van der Waals surface area contributed by atoms with E-state index < -0.39 is 4.08 Å². The summed E-state index contributed by atoms with van der Waals surface area (Å²) in [6, 6.07) is 35.2. The first-order valence-corrected chi connectivity index (χ1v) is 12.8. The molecule has 0 bridgehead atoms. The molecule has 1 fully saturated rings. The fraction of sp³-hybridized carbons (Fsp3) is 0.0741. The van der Waals surface area contributed by atoms with Gasteiger partial charge in [-0.15, -0.1) is 0 Å². The number of carbonyl (C=O) groups is 1. The van der Waals surface area contributed by atoms with Crippen molar-refractivity contribution in [2.75, 3.05) is 4.90 Å². The molecule has 2 nitrogen and oxygen atoms in total. The van der Waals surface area contributed by atoms with E-state index >= 15 is 0 Å². The number of thioether (sulfide) groups is 2. The van der Waals surface area contributed by atoms with Gasteiger partial charge in [-0.1, -0.05) is 95.3 Å². The zero-order valence-electron chi connectivity index (χ0n) is 17.4. The molecule has 1 unspecified atom stereocenters. The molecular weight excluding hydrogens is 489 g/mol. The first-order chi connectivity index (χ1) is 16.1. The summed E-state index contributed by atoms with van der Waals surface area (Å²) < 4.78 is -0.793. The van der Waals surface area contributed by atoms with Gasteiger partial charge in [0, 0.05) is 25.5 Å². The Morgan fingerprint density at radius 3 is 1.58 bits per heavy atom. The van der Waals surface area contributed by atoms with Crippen molar-refractivity contribution in [3.05, 3.63) is 125 Å². The van der Waals surface area contributed by atoms with Crippen molar-refractivity contribution in [2.45, 2.75) is 19.9 Å². The van der Waals surface area contributed by atoms with Gasteiger partial charge in [0.25, 0.3) is 5.91 Å². The Labute approximate surface area is 211 Å². The summed E-state index contributed by atoms with van der Waals surface area (Å²) >= 11 is 15.4. The van der Waals surface area contributed by atoms with Gasteiger partial charge in [-0.2, -0.15) is 0 Å². The molecule has 1 atom stereocenters. The molecule has 1 amide bonds. The predicted octanol–water partition coefficient (Wildman–Crippen LogP) is 8.36. The van der Waals surface area contributed by atoms with Crippen LogP contribution in [-0.4, -0.2) is 9.99 Å². The van der Waals surface area contributed by atoms with Crippen molar-refractivity contribution >= 4 is 58.3 Å². The molecule has 0 spiro atoms. The number of carbonyl (C=O) groups excluding carboxylic acids is 1. The third-order valence-electron chi connectivity index (χ3n) is 5.45. The van der Waals surface area contributed by atoms with Crippen molar-refractivity contribution < 1.29 is 4.79 Å². The van der Waals surface area contributed by atoms with E-state index in [1.54, 1.807) is 23.5 Å². The smallest absolute Gasteiger partial charge is 0.257 e. The second-order valence-corrected chi connectivity index (χ2v) is 11.4. The SMILES string of the molecule is O=C1N(c2ccccc2)C(c2ccccc2)C1(Sc1ccc(Cl)cc1)Sc1ccc(Cl)cc1. The molecule has 1 saturated heterocycles. The Balaban J connectivity index is 1.63. The number of benzene rings is 4. The zero-order valence-corrected chi connectivity index (χ0v) is 20.5. The van der Waals surface area contributed by atoms with Crippen LogP contribution in [-0.2, 0) is 4.79 Å². The van der Waals surface area contributed by atoms with E-state index in [0.717, 1.165) is 21.0 Å². The Morgan fingerprint density at radius 2 is 1.09 bits per heavy atom. The molecule has 0 N–H and O–H groups in total. The number of hydrogen-bond acceptors (Lipinski definition) is 3. The fourth-order valence-electron chi connectivity index (χ4n) is 3.94. The summed E-state index contributed by atoms with van der Waals surface area (Å²) in [5.74, 6) is 0.0578. The number of halogens is 2. The largest absolute Gasteiger partial charge is 0.300 e. The quantitative estimate of drug-likeness (QED) is 0.193. The van der Waals surface area contributed by atoms with Gasteiger partial charge in [0.05, 0.1) is 6.04 Å². The van der Waals surface area contributed by atoms with Gasteiger partial charge in [0.1, 0.15) is 0 Å². The molecule has 0 aromatic heterocycles. The van der Waals surface area contributed by atoms with E-state index in [0.29, 0.717) is 10.0 Å². The van der Waals surface area contributed by atoms with Crippen molar-refractivity contribution in [2.24, 2.45) is 0 Å². The first-order valence-electron chi connectivity index (χ1n) is 10.4. The van der Waals surface area contributed by atoms with Gasteiger partial charge in [-0.25, -0.2) is 0 Å². The Morgan fingerprint density at radius 1 is 0.636 bits per heavy atom. The lowest BCUT2D eigenvalue weighted by Gasteiger charge is -2.55. The van der Waals surface area contributed by atoms with Crippen LogP contribution in [0.2, 0.25) is 10.0 Å². The summed E-state index contributed by atoms with van der Waals surface area (Å²) in [5, 5.41) is 1.34. The topological polar surface area (TPSA) is 20.3 Å². The summed E-state index contributed by atoms with van der Waals surface area (Å²) in [4.78, 5) is 17.9. The molecule has 1 heterocycles. The van der Waals surface area contributed by atoms with E-state index in [1.165, 1.54) is 0 Å². The molecule has 0 radical (unpaired) electrons. The lowest BCUT2D eigenvalue weighted by atomic mass is 9.91. The molecule has 1 aliphatic rings. The fourth-order valence-corrected chi connectivity index (χ4v) is 7.26. The highest BCUT2D eigenvalue weighted by molar-refractivity contribution is 8.19. The summed E-state index contributed by atoms with van der Waals surface area (Å²) in [5.41, 5.74) is 1.98. The standard InChI is InChI=1S/C27H19Cl2NOS2/c28-20-11-15-23(16-12-20)32-27(33-24-17-13-21(29)14-18-24)25(19-7-3-1-4-8-19)30(26(27)31)22-9-5-2-6-10-22/h1-18,25H. The van der Waals surface area contributed by atoms with Crippen molar-refractivity contribution in [3.8, 4) is 0 Å². The van der Waals surface area contributed by atoms with Gasteiger partial charge in [0.15, 0.2) is 4.08 Å². The number of β-lactam (4-membered cyclic amide) rings is 1. The highest BCUT2D eigenvalue weighted by Crippen LogP contribution is 2.63. The number of anilines is 1. The third kappa shape index (κ3) is 4.41. The van der Waals surface area contributed by atoms with Crippen molar-refractivity contribution in [1.29, 1.82) is 0 Å². The second-order valence-electron chi connectivity index (χ2n) is 7.60. The summed E-state index contributed by atoms with van der Waals surface area (Å²) in [7, 11) is 0. The number of nitrogens with zero attached hydrogens (tertiary/aromatic N) is 1. The maximum Gasteiger partial charge on any atom is 0.257 e. The minimum atomic E-state index is -0.793. The van der Waals surface area contributed by atoms with Crippen LogP contribution in [0.15, 0.2) is 119 Å². The van der Waals surface area contributed by atoms with Gasteiger partial charge >= 0.3 is 0 Å². The van der Waals surface area contributed by atoms with Crippen molar-refractivity contribution in [1.82, 2.24) is 0 Å². The second kappa shape index (κ2) is 9.47. The van der Waals surface area contributed by atoms with Crippen molar-refractivity contribution in [3.63, 3.8) is 0 Å². The minimum Gasteiger partial charge on any atom is -0.300 e. The highest BCUT2D eigenvalue weighted by atomic mass is 35.5. The number of amides is 1. The average Bonchev–Trinajstić information content (AvgIpc) is 2.85. The number of rotatable bonds is 6. The monoisotopic (exact) mass is 507 g/mol. The predicted molar refractivity (Wildman–Crippen MR) is 140 cm³/mol. The van der Waals surface area contributed by atoms with Crippen LogP contribution >= 0.6 is 46.7 Å². The molecule has 164 valence electrons. The summed E-state index contributed by atoms with van der Waals surface area (Å²) in [6.45, 7) is 0. The lowest BCUT2D eigenvalue weighted by molar-refractivity contribution is -0.124. The van der Waals surface area contributed by atoms with Gasteiger partial charge in [0.2, 0.25) is 0 Å². The Kier molecular flexibility index (Phi) is 6.44. The molecule has 0 aliphatic carbocycles. The Bertz CT molecular complexity index is 1200. The lowest BCUT2D eigenvalue weighted by Crippen LogP contribution is -2.65. The first kappa shape index (κ1) is 22.4. The van der Waals surface area contributed by atoms with Crippen LogP contribution in [0.5, 0.6) is 0 Å². The third-order valence-corrected chi connectivity index (χ3v) is 8.87. The normalized spacial score (nSPS) is 17.0. The molecule has 1 aliphatic heterocycles. The molecule has 4 aromatic carbocycles. The number of para-hydroxylation sites is 1. The van der Waals surface area contributed by atoms with Crippen LogP contribution < -0.4 is 4.90 Å². The van der Waals surface area contributed by atoms with Crippen LogP contribution in [0, 0.1) is 0 Å². The van der Waals surface area contributed by atoms with E-state index in [-0.39, 0.29) is 11.9 Å². The van der Waals surface area contributed by atoms with Crippen LogP contribution in [0.4, 0.5) is 5.69 Å². The van der Waals surface area contributed by atoms with Gasteiger partial charge in [-0.05, 0) is 66.2 Å². The van der Waals surface area contributed by atoms with E-state index in [1.807, 2.05) is 102 Å². The van der Waals surface area contributed by atoms with Gasteiger partial charge in [-0.3, -0.25) is 4.79 Å². The van der Waals surface area contributed by atoms with E-state index in [2.05, 4.69) is 12.1 Å². The molecule has 4 aromatic rings. The molecule has 0 saturated carbocycles. The maximum absolute atomic E-state index is 14.0. The average molecular weight is 508 g/mol. The van der Waals surface area contributed by atoms with E-state index in [9.17, 15) is 4.79 Å². The van der Waals surface area contributed by atoms with Crippen LogP contribution in [0.25, 0.3) is 0 Å². The van der Waals surface area contributed by atoms with Crippen LogP contribution in [0.3, 0.4) is 0 Å². The molecule has 33 heavy (non-hydrogen) atoms. The minimum absolute atomic E-state index is 0.0578. The van der Waals surface area contributed by atoms with E-state index in [4.69, 9.17) is 23.2 Å². The zero-order chi connectivity index (χ0) is 22.8. The molecular formula is C27H19Cl2NOS2. The Hall–Kier alpha value is -2.37. The molecule has 5 rings (SSSR count). The van der Waals surface area contributed by atoms with Gasteiger partial charge < -0.3 is 4.90 Å². The highest BCUT2D eigenvalue weighted by Gasteiger charge is 2.63. The summed E-state index contributed by atoms with van der Waals surface area (Å²) in [6.07, 6.45) is 0.